The molecule has 0 aliphatic rings. The highest BCUT2D eigenvalue weighted by molar-refractivity contribution is 5.66. The molecule has 0 saturated carbocycles. The number of nitrogens with zero attached hydrogens (tertiary/aromatic N) is 1. The molecule has 0 radical (unpaired) electrons. The van der Waals surface area contributed by atoms with Gasteiger partial charge < -0.3 is 10.1 Å². The first-order valence-corrected chi connectivity index (χ1v) is 6.94. The molecule has 3 heteroatoms. The molecule has 0 aromatic heterocycles. The van der Waals surface area contributed by atoms with Gasteiger partial charge in [0, 0.05) is 6.54 Å². The summed E-state index contributed by atoms with van der Waals surface area (Å²) in [6.07, 6.45) is 0. The van der Waals surface area contributed by atoms with Crippen molar-refractivity contribution < 1.29 is 4.74 Å². The van der Waals surface area contributed by atoms with Crippen LogP contribution in [0.3, 0.4) is 0 Å². The van der Waals surface area contributed by atoms with Crippen molar-refractivity contribution in [1.82, 2.24) is 0 Å². The van der Waals surface area contributed by atoms with Crippen molar-refractivity contribution >= 4 is 5.69 Å². The summed E-state index contributed by atoms with van der Waals surface area (Å²) >= 11 is 0. The molecular formula is C18H20N2O. The quantitative estimate of drug-likeness (QED) is 0.917. The van der Waals surface area contributed by atoms with E-state index in [-0.39, 0.29) is 0 Å². The number of para-hydroxylation sites is 1. The van der Waals surface area contributed by atoms with Gasteiger partial charge in [-0.3, -0.25) is 0 Å². The average molecular weight is 280 g/mol. The Kier molecular flexibility index (Phi) is 4.49. The highest BCUT2D eigenvalue weighted by Gasteiger charge is 2.10. The predicted octanol–water partition coefficient (Wildman–Crippen LogP) is 4.10. The number of hydrogen-bond acceptors (Lipinski definition) is 3. The predicted molar refractivity (Wildman–Crippen MR) is 85.7 cm³/mol. The summed E-state index contributed by atoms with van der Waals surface area (Å²) in [5, 5.41) is 12.6. The van der Waals surface area contributed by atoms with Crippen LogP contribution in [0, 0.1) is 32.1 Å². The lowest BCUT2D eigenvalue weighted by Gasteiger charge is -2.16. The van der Waals surface area contributed by atoms with Gasteiger partial charge in [-0.15, -0.1) is 0 Å². The standard InChI is InChI=1S/C18H20N2O/c1-12-8-13(2)16(14(3)9-12)11-20-18-15(10-19)6-5-7-17(18)21-4/h5-9,20H,11H2,1-4H3. The third-order valence-corrected chi connectivity index (χ3v) is 3.65. The Bertz CT molecular complexity index is 676. The number of benzene rings is 2. The Morgan fingerprint density at radius 2 is 1.81 bits per heavy atom. The molecule has 0 unspecified atom stereocenters. The second-order valence-corrected chi connectivity index (χ2v) is 5.23. The molecule has 0 spiro atoms. The number of aryl methyl sites for hydroxylation is 3. The van der Waals surface area contributed by atoms with Crippen LogP contribution in [0.25, 0.3) is 0 Å². The van der Waals surface area contributed by atoms with E-state index >= 15 is 0 Å². The Balaban J connectivity index is 2.31. The lowest BCUT2D eigenvalue weighted by atomic mass is 9.99. The van der Waals surface area contributed by atoms with Crippen molar-refractivity contribution in [1.29, 1.82) is 5.26 Å². The lowest BCUT2D eigenvalue weighted by Crippen LogP contribution is -2.06. The topological polar surface area (TPSA) is 45.0 Å². The van der Waals surface area contributed by atoms with E-state index in [1.807, 2.05) is 12.1 Å². The van der Waals surface area contributed by atoms with Crippen LogP contribution in [0.15, 0.2) is 30.3 Å². The van der Waals surface area contributed by atoms with E-state index < -0.39 is 0 Å². The fourth-order valence-electron chi connectivity index (χ4n) is 2.64. The van der Waals surface area contributed by atoms with Gasteiger partial charge in [0.2, 0.25) is 0 Å². The summed E-state index contributed by atoms with van der Waals surface area (Å²) < 4.78 is 5.34. The van der Waals surface area contributed by atoms with E-state index in [1.54, 1.807) is 13.2 Å². The molecule has 1 N–H and O–H groups in total. The Hall–Kier alpha value is -2.47. The van der Waals surface area contributed by atoms with E-state index in [0.717, 1.165) is 5.69 Å². The fourth-order valence-corrected chi connectivity index (χ4v) is 2.64. The molecule has 0 amide bonds. The molecule has 3 nitrogen and oxygen atoms in total. The number of ether oxygens (including phenoxy) is 1. The van der Waals surface area contributed by atoms with Crippen molar-refractivity contribution in [2.45, 2.75) is 27.3 Å². The minimum atomic E-state index is 0.594. The summed E-state index contributed by atoms with van der Waals surface area (Å²) in [5.74, 6) is 0.691. The summed E-state index contributed by atoms with van der Waals surface area (Å²) in [4.78, 5) is 0. The number of methoxy groups -OCH3 is 1. The normalized spacial score (nSPS) is 10.0. The monoisotopic (exact) mass is 280 g/mol. The summed E-state index contributed by atoms with van der Waals surface area (Å²) in [5.41, 5.74) is 6.39. The first-order chi connectivity index (χ1) is 10.1. The highest BCUT2D eigenvalue weighted by atomic mass is 16.5. The molecule has 2 aromatic carbocycles. The third-order valence-electron chi connectivity index (χ3n) is 3.65. The van der Waals surface area contributed by atoms with Gasteiger partial charge in [-0.25, -0.2) is 0 Å². The summed E-state index contributed by atoms with van der Waals surface area (Å²) in [7, 11) is 1.62. The minimum Gasteiger partial charge on any atom is -0.495 e. The van der Waals surface area contributed by atoms with Crippen LogP contribution in [0.1, 0.15) is 27.8 Å². The molecule has 2 rings (SSSR count). The molecule has 21 heavy (non-hydrogen) atoms. The molecule has 2 aromatic rings. The lowest BCUT2D eigenvalue weighted by molar-refractivity contribution is 0.416. The largest absolute Gasteiger partial charge is 0.495 e. The molecule has 0 saturated heterocycles. The smallest absolute Gasteiger partial charge is 0.143 e. The van der Waals surface area contributed by atoms with Crippen LogP contribution in [-0.2, 0) is 6.54 Å². The van der Waals surface area contributed by atoms with Crippen molar-refractivity contribution in [2.75, 3.05) is 12.4 Å². The molecule has 0 bridgehead atoms. The van der Waals surface area contributed by atoms with Gasteiger partial charge >= 0.3 is 0 Å². The van der Waals surface area contributed by atoms with Crippen LogP contribution in [0.2, 0.25) is 0 Å². The number of anilines is 1. The van der Waals surface area contributed by atoms with Crippen molar-refractivity contribution in [2.24, 2.45) is 0 Å². The van der Waals surface area contributed by atoms with Crippen molar-refractivity contribution in [3.8, 4) is 11.8 Å². The average Bonchev–Trinajstić information content (AvgIpc) is 2.45. The first kappa shape index (κ1) is 14.9. The maximum absolute atomic E-state index is 9.24. The zero-order valence-corrected chi connectivity index (χ0v) is 12.9. The summed E-state index contributed by atoms with van der Waals surface area (Å²) in [6.45, 7) is 7.01. The van der Waals surface area contributed by atoms with Gasteiger partial charge in [-0.1, -0.05) is 23.8 Å². The van der Waals surface area contributed by atoms with Gasteiger partial charge in [0.15, 0.2) is 0 Å². The van der Waals surface area contributed by atoms with Crippen LogP contribution in [0.4, 0.5) is 5.69 Å². The maximum Gasteiger partial charge on any atom is 0.143 e. The molecular weight excluding hydrogens is 260 g/mol. The fraction of sp³-hybridized carbons (Fsp3) is 0.278. The van der Waals surface area contributed by atoms with Crippen molar-refractivity contribution in [3.63, 3.8) is 0 Å². The van der Waals surface area contributed by atoms with E-state index in [4.69, 9.17) is 4.74 Å². The zero-order valence-electron chi connectivity index (χ0n) is 12.9. The minimum absolute atomic E-state index is 0.594. The van der Waals surface area contributed by atoms with E-state index in [9.17, 15) is 5.26 Å². The van der Waals surface area contributed by atoms with Gasteiger partial charge in [0.05, 0.1) is 18.4 Å². The number of nitriles is 1. The highest BCUT2D eigenvalue weighted by Crippen LogP contribution is 2.29. The van der Waals surface area contributed by atoms with Gasteiger partial charge in [-0.2, -0.15) is 5.26 Å². The molecule has 0 heterocycles. The second-order valence-electron chi connectivity index (χ2n) is 5.23. The number of nitrogens with one attached hydrogen (secondary N) is 1. The van der Waals surface area contributed by atoms with Gasteiger partial charge in [-0.05, 0) is 49.6 Å². The number of rotatable bonds is 4. The second kappa shape index (κ2) is 6.32. The van der Waals surface area contributed by atoms with Crippen LogP contribution in [0.5, 0.6) is 5.75 Å². The van der Waals surface area contributed by atoms with Crippen molar-refractivity contribution in [3.05, 3.63) is 58.1 Å². The number of hydrogen-bond donors (Lipinski definition) is 1. The van der Waals surface area contributed by atoms with Gasteiger partial charge in [0.25, 0.3) is 0 Å². The molecule has 0 aliphatic heterocycles. The third kappa shape index (κ3) is 3.17. The van der Waals surface area contributed by atoms with E-state index in [2.05, 4.69) is 44.3 Å². The maximum atomic E-state index is 9.24. The molecule has 108 valence electrons. The zero-order chi connectivity index (χ0) is 15.4. The first-order valence-electron chi connectivity index (χ1n) is 6.94. The molecule has 0 atom stereocenters. The van der Waals surface area contributed by atoms with Crippen LogP contribution >= 0.6 is 0 Å². The molecule has 0 aliphatic carbocycles. The van der Waals surface area contributed by atoms with E-state index in [0.29, 0.717) is 17.9 Å². The van der Waals surface area contributed by atoms with Crippen LogP contribution < -0.4 is 10.1 Å². The SMILES string of the molecule is COc1cccc(C#N)c1NCc1c(C)cc(C)cc1C. The van der Waals surface area contributed by atoms with Crippen LogP contribution in [-0.4, -0.2) is 7.11 Å². The van der Waals surface area contributed by atoms with Gasteiger partial charge in [0.1, 0.15) is 11.8 Å². The Morgan fingerprint density at radius 1 is 1.14 bits per heavy atom. The molecule has 0 fully saturated rings. The summed E-state index contributed by atoms with van der Waals surface area (Å²) in [6, 6.07) is 12.0. The van der Waals surface area contributed by atoms with E-state index in [1.165, 1.54) is 22.3 Å². The Labute approximate surface area is 126 Å². The Morgan fingerprint density at radius 3 is 2.38 bits per heavy atom.